The predicted molar refractivity (Wildman–Crippen MR) is 112 cm³/mol. The van der Waals surface area contributed by atoms with Crippen molar-refractivity contribution >= 4 is 11.5 Å². The summed E-state index contributed by atoms with van der Waals surface area (Å²) in [6.45, 7) is 9.16. The van der Waals surface area contributed by atoms with Crippen molar-refractivity contribution in [3.8, 4) is 5.75 Å². The van der Waals surface area contributed by atoms with Gasteiger partial charge >= 0.3 is 0 Å². The van der Waals surface area contributed by atoms with Crippen LogP contribution in [0, 0.1) is 11.2 Å². The van der Waals surface area contributed by atoms with Crippen LogP contribution in [0.25, 0.3) is 0 Å². The summed E-state index contributed by atoms with van der Waals surface area (Å²) >= 11 is 0. The number of halogens is 1. The van der Waals surface area contributed by atoms with Crippen LogP contribution in [0.3, 0.4) is 0 Å². The summed E-state index contributed by atoms with van der Waals surface area (Å²) in [4.78, 5) is 13.4. The number of piperazine rings is 1. The Balaban J connectivity index is 1.50. The fourth-order valence-electron chi connectivity index (χ4n) is 3.60. The van der Waals surface area contributed by atoms with Gasteiger partial charge in [-0.3, -0.25) is 10.3 Å². The summed E-state index contributed by atoms with van der Waals surface area (Å²) in [5.74, 6) is 0.636. The Labute approximate surface area is 171 Å². The van der Waals surface area contributed by atoms with Crippen molar-refractivity contribution in [1.29, 1.82) is 5.41 Å². The number of ether oxygens (including phenoxy) is 1. The fourth-order valence-corrected chi connectivity index (χ4v) is 3.60. The number of nitrogens with one attached hydrogen (secondary N) is 1. The van der Waals surface area contributed by atoms with Gasteiger partial charge in [0.25, 0.3) is 0 Å². The van der Waals surface area contributed by atoms with E-state index in [0.717, 1.165) is 57.8 Å². The Hall–Kier alpha value is -2.54. The average molecular weight is 397 g/mol. The number of aromatic nitrogens is 2. The molecule has 154 valence electrons. The smallest absolute Gasteiger partial charge is 0.165 e. The molecule has 1 aliphatic carbocycles. The zero-order chi connectivity index (χ0) is 20.4. The highest BCUT2D eigenvalue weighted by Gasteiger charge is 2.40. The Kier molecular flexibility index (Phi) is 5.50. The maximum atomic E-state index is 14.2. The van der Waals surface area contributed by atoms with Gasteiger partial charge in [-0.2, -0.15) is 0 Å². The molecule has 7 heteroatoms. The summed E-state index contributed by atoms with van der Waals surface area (Å²) in [7, 11) is 0. The summed E-state index contributed by atoms with van der Waals surface area (Å²) in [6, 6.07) is 6.42. The molecule has 0 atom stereocenters. The van der Waals surface area contributed by atoms with E-state index in [4.69, 9.17) is 10.1 Å². The zero-order valence-electron chi connectivity index (χ0n) is 17.1. The van der Waals surface area contributed by atoms with Crippen LogP contribution in [-0.4, -0.2) is 58.9 Å². The third-order valence-corrected chi connectivity index (χ3v) is 5.68. The second-order valence-electron chi connectivity index (χ2n) is 8.16. The van der Waals surface area contributed by atoms with Gasteiger partial charge < -0.3 is 9.64 Å². The van der Waals surface area contributed by atoms with Crippen LogP contribution in [0.2, 0.25) is 0 Å². The van der Waals surface area contributed by atoms with Crippen molar-refractivity contribution in [2.24, 2.45) is 0 Å². The molecule has 4 rings (SSSR count). The molecule has 2 heterocycles. The van der Waals surface area contributed by atoms with E-state index in [-0.39, 0.29) is 17.1 Å². The van der Waals surface area contributed by atoms with Gasteiger partial charge in [-0.1, -0.05) is 6.92 Å². The average Bonchev–Trinajstić information content (AvgIpc) is 3.47. The molecular formula is C22H28FN5O. The normalized spacial score (nSPS) is 18.5. The molecule has 1 saturated heterocycles. The first-order valence-corrected chi connectivity index (χ1v) is 10.3. The molecule has 2 aliphatic rings. The minimum absolute atomic E-state index is 0.202. The maximum absolute atomic E-state index is 14.2. The molecule has 1 N–H and O–H groups in total. The minimum Gasteiger partial charge on any atom is -0.484 e. The summed E-state index contributed by atoms with van der Waals surface area (Å²) in [5.41, 5.74) is 1.08. The third-order valence-electron chi connectivity index (χ3n) is 5.68. The van der Waals surface area contributed by atoms with Crippen LogP contribution in [0.4, 0.5) is 10.2 Å². The van der Waals surface area contributed by atoms with Crippen LogP contribution in [-0.2, 0) is 0 Å². The lowest BCUT2D eigenvalue weighted by Gasteiger charge is -2.35. The Bertz CT molecular complexity index is 891. The quantitative estimate of drug-likeness (QED) is 0.725. The monoisotopic (exact) mass is 397 g/mol. The molecular weight excluding hydrogens is 369 g/mol. The highest BCUT2D eigenvalue weighted by atomic mass is 19.1. The second-order valence-corrected chi connectivity index (χ2v) is 8.16. The number of rotatable bonds is 7. The first-order valence-electron chi connectivity index (χ1n) is 10.3. The maximum Gasteiger partial charge on any atom is 0.165 e. The predicted octanol–water partition coefficient (Wildman–Crippen LogP) is 3.50. The highest BCUT2D eigenvalue weighted by Crippen LogP contribution is 2.40. The van der Waals surface area contributed by atoms with E-state index in [9.17, 15) is 4.39 Å². The van der Waals surface area contributed by atoms with Crippen molar-refractivity contribution in [2.45, 2.75) is 38.7 Å². The molecule has 0 bridgehead atoms. The van der Waals surface area contributed by atoms with E-state index < -0.39 is 5.82 Å². The molecule has 1 saturated carbocycles. The Morgan fingerprint density at radius 1 is 1.17 bits per heavy atom. The van der Waals surface area contributed by atoms with Gasteiger partial charge in [0.1, 0.15) is 17.7 Å². The highest BCUT2D eigenvalue weighted by molar-refractivity contribution is 6.10. The zero-order valence-corrected chi connectivity index (χ0v) is 17.1. The van der Waals surface area contributed by atoms with Gasteiger partial charge in [-0.15, -0.1) is 0 Å². The van der Waals surface area contributed by atoms with Crippen LogP contribution < -0.4 is 9.64 Å². The van der Waals surface area contributed by atoms with Crippen molar-refractivity contribution in [1.82, 2.24) is 14.9 Å². The molecule has 0 spiro atoms. The van der Waals surface area contributed by atoms with Crippen LogP contribution in [0.15, 0.2) is 30.6 Å². The molecule has 0 radical (unpaired) electrons. The van der Waals surface area contributed by atoms with Gasteiger partial charge in [0.05, 0.1) is 11.4 Å². The van der Waals surface area contributed by atoms with Crippen LogP contribution in [0.1, 0.15) is 44.4 Å². The number of anilines is 1. The molecule has 6 nitrogen and oxygen atoms in total. The summed E-state index contributed by atoms with van der Waals surface area (Å²) in [5, 5.41) is 8.59. The van der Waals surface area contributed by atoms with E-state index in [1.54, 1.807) is 12.1 Å². The van der Waals surface area contributed by atoms with Gasteiger partial charge in [0, 0.05) is 37.8 Å². The lowest BCUT2D eigenvalue weighted by atomic mass is 10.1. The number of nitrogens with zero attached hydrogens (tertiary/aromatic N) is 4. The SMILES string of the molecule is CCCN1CCN(c2cc(C(=N)c3ccc(F)c(OC4(C)CC4)c3)ncn2)CC1. The minimum atomic E-state index is -0.400. The molecule has 1 aromatic carbocycles. The van der Waals surface area contributed by atoms with Crippen LogP contribution >= 0.6 is 0 Å². The Morgan fingerprint density at radius 2 is 1.93 bits per heavy atom. The molecule has 2 fully saturated rings. The standard InChI is InChI=1S/C22H28FN5O/c1-3-8-27-9-11-28(12-10-27)20-14-18(25-15-26-20)21(24)16-4-5-17(23)19(13-16)29-22(2)6-7-22/h4-5,13-15,24H,3,6-12H2,1-2H3. The van der Waals surface area contributed by atoms with Gasteiger partial charge in [0.2, 0.25) is 0 Å². The van der Waals surface area contributed by atoms with E-state index in [2.05, 4.69) is 26.7 Å². The van der Waals surface area contributed by atoms with E-state index >= 15 is 0 Å². The third kappa shape index (κ3) is 4.56. The van der Waals surface area contributed by atoms with Gasteiger partial charge in [-0.05, 0) is 50.9 Å². The lowest BCUT2D eigenvalue weighted by molar-refractivity contribution is 0.191. The first-order chi connectivity index (χ1) is 14.0. The first kappa shape index (κ1) is 19.8. The second kappa shape index (κ2) is 8.06. The van der Waals surface area contributed by atoms with E-state index in [1.807, 2.05) is 13.0 Å². The number of hydrogen-bond donors (Lipinski definition) is 1. The van der Waals surface area contributed by atoms with Crippen molar-refractivity contribution < 1.29 is 9.13 Å². The largest absolute Gasteiger partial charge is 0.484 e. The summed E-state index contributed by atoms with van der Waals surface area (Å²) < 4.78 is 20.0. The van der Waals surface area contributed by atoms with E-state index in [1.165, 1.54) is 12.4 Å². The molecule has 2 aromatic rings. The van der Waals surface area contributed by atoms with Crippen molar-refractivity contribution in [3.05, 3.63) is 47.7 Å². The van der Waals surface area contributed by atoms with Crippen LogP contribution in [0.5, 0.6) is 5.75 Å². The fraction of sp³-hybridized carbons (Fsp3) is 0.500. The Morgan fingerprint density at radius 3 is 2.62 bits per heavy atom. The van der Waals surface area contributed by atoms with Crippen molar-refractivity contribution in [2.75, 3.05) is 37.6 Å². The van der Waals surface area contributed by atoms with Gasteiger partial charge in [0.15, 0.2) is 11.6 Å². The number of hydrogen-bond acceptors (Lipinski definition) is 6. The van der Waals surface area contributed by atoms with Crippen molar-refractivity contribution in [3.63, 3.8) is 0 Å². The van der Waals surface area contributed by atoms with Gasteiger partial charge in [-0.25, -0.2) is 14.4 Å². The molecule has 29 heavy (non-hydrogen) atoms. The number of benzene rings is 1. The topological polar surface area (TPSA) is 65.3 Å². The lowest BCUT2D eigenvalue weighted by Crippen LogP contribution is -2.46. The van der Waals surface area contributed by atoms with E-state index in [0.29, 0.717) is 11.3 Å². The molecule has 1 aromatic heterocycles. The molecule has 0 unspecified atom stereocenters. The molecule has 0 amide bonds. The molecule has 1 aliphatic heterocycles. The summed E-state index contributed by atoms with van der Waals surface area (Å²) in [6.07, 6.45) is 4.52.